The van der Waals surface area contributed by atoms with Crippen molar-refractivity contribution in [1.29, 1.82) is 0 Å². The summed E-state index contributed by atoms with van der Waals surface area (Å²) in [5.41, 5.74) is 0.783. The molecule has 9 heteroatoms. The lowest BCUT2D eigenvalue weighted by Gasteiger charge is -2.34. The molecular formula is C17H19ClF2N4O2. The molecule has 0 spiro atoms. The van der Waals surface area contributed by atoms with Crippen molar-refractivity contribution in [2.45, 2.75) is 19.3 Å². The predicted molar refractivity (Wildman–Crippen MR) is 92.1 cm³/mol. The van der Waals surface area contributed by atoms with Gasteiger partial charge in [-0.3, -0.25) is 9.69 Å². The van der Waals surface area contributed by atoms with Gasteiger partial charge in [0, 0.05) is 49.6 Å². The van der Waals surface area contributed by atoms with Crippen LogP contribution in [0.1, 0.15) is 12.3 Å². The number of piperazine rings is 1. The first-order chi connectivity index (χ1) is 12.5. The van der Waals surface area contributed by atoms with E-state index in [2.05, 4.69) is 10.1 Å². The van der Waals surface area contributed by atoms with Gasteiger partial charge in [0.15, 0.2) is 0 Å². The smallest absolute Gasteiger partial charge is 0.251 e. The molecule has 1 fully saturated rings. The van der Waals surface area contributed by atoms with Crippen molar-refractivity contribution < 1.29 is 18.1 Å². The fourth-order valence-electron chi connectivity index (χ4n) is 2.82. The number of nitrogens with zero attached hydrogens (tertiary/aromatic N) is 4. The molecule has 0 radical (unpaired) electrons. The first-order valence-electron chi connectivity index (χ1n) is 8.38. The number of hydrogen-bond donors (Lipinski definition) is 0. The average molecular weight is 385 g/mol. The fraction of sp³-hybridized carbons (Fsp3) is 0.471. The molecule has 0 saturated carbocycles. The molecule has 2 aromatic rings. The molecular weight excluding hydrogens is 366 g/mol. The van der Waals surface area contributed by atoms with Gasteiger partial charge in [0.2, 0.25) is 17.6 Å². The number of aryl methyl sites for hydroxylation is 1. The zero-order valence-electron chi connectivity index (χ0n) is 14.1. The summed E-state index contributed by atoms with van der Waals surface area (Å²) >= 11 is 5.85. The van der Waals surface area contributed by atoms with E-state index in [1.165, 1.54) is 0 Å². The first kappa shape index (κ1) is 18.7. The molecule has 1 amide bonds. The highest BCUT2D eigenvalue weighted by atomic mass is 35.5. The molecule has 0 N–H and O–H groups in total. The zero-order chi connectivity index (χ0) is 18.5. The van der Waals surface area contributed by atoms with Gasteiger partial charge in [0.05, 0.1) is 6.54 Å². The number of carbonyl (C=O) groups excluding carboxylic acids is 1. The second-order valence-electron chi connectivity index (χ2n) is 6.09. The van der Waals surface area contributed by atoms with E-state index in [1.807, 2.05) is 0 Å². The van der Waals surface area contributed by atoms with Gasteiger partial charge in [-0.15, -0.1) is 0 Å². The summed E-state index contributed by atoms with van der Waals surface area (Å²) in [4.78, 5) is 19.9. The molecule has 0 bridgehead atoms. The standard InChI is InChI=1S/C17H19ClF2N4O2/c18-13-3-1-12(2-4-13)17-21-15(26-22-17)5-6-16(25)24-9-7-23(8-10-24)11-14(19)20/h1-4,14H,5-11H2. The van der Waals surface area contributed by atoms with Gasteiger partial charge in [-0.1, -0.05) is 16.8 Å². The van der Waals surface area contributed by atoms with Crippen molar-refractivity contribution in [2.24, 2.45) is 0 Å². The minimum absolute atomic E-state index is 0.0343. The van der Waals surface area contributed by atoms with Gasteiger partial charge in [0.25, 0.3) is 6.43 Å². The third-order valence-corrected chi connectivity index (χ3v) is 4.50. The van der Waals surface area contributed by atoms with E-state index in [9.17, 15) is 13.6 Å². The highest BCUT2D eigenvalue weighted by molar-refractivity contribution is 6.30. The Hall–Kier alpha value is -2.06. The third-order valence-electron chi connectivity index (χ3n) is 4.24. The van der Waals surface area contributed by atoms with Crippen molar-refractivity contribution in [1.82, 2.24) is 19.9 Å². The summed E-state index contributed by atoms with van der Waals surface area (Å²) in [6, 6.07) is 7.07. The molecule has 26 heavy (non-hydrogen) atoms. The van der Waals surface area contributed by atoms with Crippen LogP contribution in [0.5, 0.6) is 0 Å². The Morgan fingerprint density at radius 2 is 1.88 bits per heavy atom. The first-order valence-corrected chi connectivity index (χ1v) is 8.76. The van der Waals surface area contributed by atoms with Crippen LogP contribution < -0.4 is 0 Å². The SMILES string of the molecule is O=C(CCc1nc(-c2ccc(Cl)cc2)no1)N1CCN(CC(F)F)CC1. The third kappa shape index (κ3) is 4.98. The number of amides is 1. The maximum Gasteiger partial charge on any atom is 0.251 e. The Labute approximate surface area is 154 Å². The maximum atomic E-state index is 12.4. The minimum Gasteiger partial charge on any atom is -0.340 e. The molecule has 1 aromatic carbocycles. The van der Waals surface area contributed by atoms with Crippen LogP contribution in [0.4, 0.5) is 8.78 Å². The van der Waals surface area contributed by atoms with Gasteiger partial charge in [0.1, 0.15) is 0 Å². The van der Waals surface area contributed by atoms with E-state index in [1.54, 1.807) is 34.1 Å². The summed E-state index contributed by atoms with van der Waals surface area (Å²) in [6.45, 7) is 1.63. The largest absolute Gasteiger partial charge is 0.340 e. The summed E-state index contributed by atoms with van der Waals surface area (Å²) in [5.74, 6) is 0.803. The van der Waals surface area contributed by atoms with Crippen molar-refractivity contribution in [3.05, 3.63) is 35.2 Å². The van der Waals surface area contributed by atoms with Crippen LogP contribution in [0, 0.1) is 0 Å². The average Bonchev–Trinajstić information content (AvgIpc) is 3.09. The normalized spacial score (nSPS) is 15.6. The second kappa shape index (κ2) is 8.55. The lowest BCUT2D eigenvalue weighted by Crippen LogP contribution is -2.49. The number of hydrogen-bond acceptors (Lipinski definition) is 5. The highest BCUT2D eigenvalue weighted by Gasteiger charge is 2.23. The van der Waals surface area contributed by atoms with Gasteiger partial charge >= 0.3 is 0 Å². The maximum absolute atomic E-state index is 12.4. The Morgan fingerprint density at radius 1 is 1.19 bits per heavy atom. The number of alkyl halides is 2. The monoisotopic (exact) mass is 384 g/mol. The molecule has 0 atom stereocenters. The van der Waals surface area contributed by atoms with Crippen LogP contribution >= 0.6 is 11.6 Å². The number of aromatic nitrogens is 2. The van der Waals surface area contributed by atoms with Crippen LogP contribution in [-0.2, 0) is 11.2 Å². The van der Waals surface area contributed by atoms with Gasteiger partial charge < -0.3 is 9.42 Å². The summed E-state index contributed by atoms with van der Waals surface area (Å²) in [7, 11) is 0. The zero-order valence-corrected chi connectivity index (χ0v) is 14.8. The lowest BCUT2D eigenvalue weighted by molar-refractivity contribution is -0.133. The second-order valence-corrected chi connectivity index (χ2v) is 6.53. The molecule has 6 nitrogen and oxygen atoms in total. The molecule has 1 saturated heterocycles. The van der Waals surface area contributed by atoms with E-state index in [4.69, 9.17) is 16.1 Å². The van der Waals surface area contributed by atoms with Crippen LogP contribution in [0.25, 0.3) is 11.4 Å². The minimum atomic E-state index is -2.34. The Bertz CT molecular complexity index is 731. The van der Waals surface area contributed by atoms with E-state index >= 15 is 0 Å². The Kier molecular flexibility index (Phi) is 6.16. The van der Waals surface area contributed by atoms with E-state index in [0.29, 0.717) is 49.3 Å². The number of rotatable bonds is 6. The number of carbonyl (C=O) groups is 1. The van der Waals surface area contributed by atoms with Crippen LogP contribution in [0.15, 0.2) is 28.8 Å². The van der Waals surface area contributed by atoms with Crippen LogP contribution in [-0.4, -0.2) is 65.0 Å². The molecule has 3 rings (SSSR count). The van der Waals surface area contributed by atoms with Crippen molar-refractivity contribution in [3.63, 3.8) is 0 Å². The number of halogens is 3. The van der Waals surface area contributed by atoms with Gasteiger partial charge in [-0.25, -0.2) is 8.78 Å². The van der Waals surface area contributed by atoms with E-state index in [-0.39, 0.29) is 18.9 Å². The Balaban J connectivity index is 1.47. The molecule has 1 aliphatic heterocycles. The van der Waals surface area contributed by atoms with E-state index < -0.39 is 6.43 Å². The lowest BCUT2D eigenvalue weighted by atomic mass is 10.2. The molecule has 0 aliphatic carbocycles. The van der Waals surface area contributed by atoms with Gasteiger partial charge in [-0.05, 0) is 24.3 Å². The molecule has 2 heterocycles. The topological polar surface area (TPSA) is 62.5 Å². The summed E-state index contributed by atoms with van der Waals surface area (Å²) in [6.07, 6.45) is -1.75. The van der Waals surface area contributed by atoms with Crippen molar-refractivity contribution >= 4 is 17.5 Å². The molecule has 140 valence electrons. The van der Waals surface area contributed by atoms with Crippen molar-refractivity contribution in [3.8, 4) is 11.4 Å². The molecule has 1 aliphatic rings. The quantitative estimate of drug-likeness (QED) is 0.766. The Morgan fingerprint density at radius 3 is 2.54 bits per heavy atom. The van der Waals surface area contributed by atoms with Crippen LogP contribution in [0.2, 0.25) is 5.02 Å². The number of benzene rings is 1. The molecule has 1 aromatic heterocycles. The van der Waals surface area contributed by atoms with Gasteiger partial charge in [-0.2, -0.15) is 4.98 Å². The summed E-state index contributed by atoms with van der Waals surface area (Å²) < 4.78 is 29.9. The molecule has 0 unspecified atom stereocenters. The summed E-state index contributed by atoms with van der Waals surface area (Å²) in [5, 5.41) is 4.53. The highest BCUT2D eigenvalue weighted by Crippen LogP contribution is 2.19. The van der Waals surface area contributed by atoms with Crippen molar-refractivity contribution in [2.75, 3.05) is 32.7 Å². The van der Waals surface area contributed by atoms with E-state index in [0.717, 1.165) is 5.56 Å². The predicted octanol–water partition coefficient (Wildman–Crippen LogP) is 2.73. The van der Waals surface area contributed by atoms with Crippen LogP contribution in [0.3, 0.4) is 0 Å². The fourth-order valence-corrected chi connectivity index (χ4v) is 2.95.